The van der Waals surface area contributed by atoms with Crippen LogP contribution in [0.1, 0.15) is 17.2 Å². The smallest absolute Gasteiger partial charge is 0.269 e. The van der Waals surface area contributed by atoms with Crippen LogP contribution in [-0.2, 0) is 21.0 Å². The maximum Gasteiger partial charge on any atom is 0.269 e. The molecular formula is C24H19N3O5. The SMILES string of the molecule is O=C1[C@@H]2[C@H](ON(c3ccccc3)[C@H]2c2cccc([N+](=O)[O-])c2)C(=O)N1Cc1ccccc1. The molecule has 5 rings (SSSR count). The number of imide groups is 1. The van der Waals surface area contributed by atoms with E-state index in [-0.39, 0.29) is 18.1 Å². The maximum absolute atomic E-state index is 13.4. The summed E-state index contributed by atoms with van der Waals surface area (Å²) in [4.78, 5) is 44.8. The molecule has 3 aromatic rings. The number of para-hydroxylation sites is 1. The van der Waals surface area contributed by atoms with Gasteiger partial charge >= 0.3 is 0 Å². The van der Waals surface area contributed by atoms with E-state index in [9.17, 15) is 19.7 Å². The van der Waals surface area contributed by atoms with Crippen LogP contribution in [-0.4, -0.2) is 27.7 Å². The van der Waals surface area contributed by atoms with Gasteiger partial charge in [-0.15, -0.1) is 0 Å². The van der Waals surface area contributed by atoms with E-state index in [0.29, 0.717) is 11.3 Å². The van der Waals surface area contributed by atoms with Crippen molar-refractivity contribution in [2.24, 2.45) is 5.92 Å². The number of nitro groups is 1. The third-order valence-corrected chi connectivity index (χ3v) is 5.82. The number of nitrogens with zero attached hydrogens (tertiary/aromatic N) is 3. The van der Waals surface area contributed by atoms with Gasteiger partial charge in [-0.05, 0) is 23.3 Å². The summed E-state index contributed by atoms with van der Waals surface area (Å²) >= 11 is 0. The molecule has 3 atom stereocenters. The van der Waals surface area contributed by atoms with Crippen LogP contribution in [0.15, 0.2) is 84.9 Å². The van der Waals surface area contributed by atoms with Crippen LogP contribution >= 0.6 is 0 Å². The maximum atomic E-state index is 13.4. The topological polar surface area (TPSA) is 93.0 Å². The number of non-ortho nitro benzene ring substituents is 1. The Morgan fingerprint density at radius 3 is 2.25 bits per heavy atom. The van der Waals surface area contributed by atoms with Gasteiger partial charge in [0.2, 0.25) is 5.91 Å². The predicted molar refractivity (Wildman–Crippen MR) is 115 cm³/mol. The molecule has 0 spiro atoms. The number of hydrogen-bond acceptors (Lipinski definition) is 6. The molecule has 0 unspecified atom stereocenters. The van der Waals surface area contributed by atoms with Crippen molar-refractivity contribution in [1.82, 2.24) is 4.90 Å². The number of carbonyl (C=O) groups is 2. The summed E-state index contributed by atoms with van der Waals surface area (Å²) < 4.78 is 0. The normalized spacial score (nSPS) is 22.3. The lowest BCUT2D eigenvalue weighted by atomic mass is 9.90. The molecule has 160 valence electrons. The van der Waals surface area contributed by atoms with Crippen molar-refractivity contribution < 1.29 is 19.3 Å². The third-order valence-electron chi connectivity index (χ3n) is 5.82. The number of carbonyl (C=O) groups excluding carboxylic acids is 2. The highest BCUT2D eigenvalue weighted by atomic mass is 16.7. The third kappa shape index (κ3) is 3.30. The highest BCUT2D eigenvalue weighted by Crippen LogP contribution is 2.47. The van der Waals surface area contributed by atoms with Gasteiger partial charge in [-0.1, -0.05) is 60.7 Å². The number of hydroxylamine groups is 1. The van der Waals surface area contributed by atoms with Crippen molar-refractivity contribution in [3.63, 3.8) is 0 Å². The predicted octanol–water partition coefficient (Wildman–Crippen LogP) is 3.64. The van der Waals surface area contributed by atoms with Gasteiger partial charge in [0.25, 0.3) is 11.6 Å². The van der Waals surface area contributed by atoms with Crippen molar-refractivity contribution in [3.05, 3.63) is 106 Å². The number of likely N-dealkylation sites (tertiary alicyclic amines) is 1. The number of benzene rings is 3. The molecule has 0 N–H and O–H groups in total. The first kappa shape index (κ1) is 19.9. The fourth-order valence-electron chi connectivity index (χ4n) is 4.35. The number of nitro benzene ring substituents is 1. The number of anilines is 1. The molecule has 0 radical (unpaired) electrons. The molecule has 2 aliphatic rings. The minimum atomic E-state index is -0.990. The van der Waals surface area contributed by atoms with Crippen molar-refractivity contribution >= 4 is 23.2 Å². The van der Waals surface area contributed by atoms with Gasteiger partial charge in [-0.3, -0.25) is 29.4 Å². The second-order valence-corrected chi connectivity index (χ2v) is 7.76. The lowest BCUT2D eigenvalue weighted by Gasteiger charge is -2.28. The summed E-state index contributed by atoms with van der Waals surface area (Å²) in [5.41, 5.74) is 1.95. The first-order valence-electron chi connectivity index (χ1n) is 10.2. The van der Waals surface area contributed by atoms with E-state index in [1.807, 2.05) is 60.7 Å². The average molecular weight is 429 g/mol. The second-order valence-electron chi connectivity index (χ2n) is 7.76. The van der Waals surface area contributed by atoms with Crippen molar-refractivity contribution in [3.8, 4) is 0 Å². The van der Waals surface area contributed by atoms with E-state index in [2.05, 4.69) is 0 Å². The van der Waals surface area contributed by atoms with E-state index >= 15 is 0 Å². The van der Waals surface area contributed by atoms with E-state index in [1.54, 1.807) is 12.1 Å². The molecule has 3 aromatic carbocycles. The molecule has 2 saturated heterocycles. The largest absolute Gasteiger partial charge is 0.275 e. The molecule has 0 bridgehead atoms. The van der Waals surface area contributed by atoms with Crippen LogP contribution in [0.2, 0.25) is 0 Å². The summed E-state index contributed by atoms with van der Waals surface area (Å²) in [6.45, 7) is 0.155. The number of amides is 2. The molecule has 8 nitrogen and oxygen atoms in total. The molecule has 0 aromatic heterocycles. The number of fused-ring (bicyclic) bond motifs is 1. The highest BCUT2D eigenvalue weighted by molar-refractivity contribution is 6.07. The minimum Gasteiger partial charge on any atom is -0.275 e. The fourth-order valence-corrected chi connectivity index (χ4v) is 4.35. The molecule has 2 amide bonds. The van der Waals surface area contributed by atoms with E-state index in [4.69, 9.17) is 4.84 Å². The van der Waals surface area contributed by atoms with Gasteiger partial charge in [0, 0.05) is 12.1 Å². The van der Waals surface area contributed by atoms with Gasteiger partial charge in [0.1, 0.15) is 5.92 Å². The monoisotopic (exact) mass is 429 g/mol. The Hall–Kier alpha value is -4.04. The van der Waals surface area contributed by atoms with E-state index in [1.165, 1.54) is 22.1 Å². The molecule has 8 heteroatoms. The van der Waals surface area contributed by atoms with Crippen molar-refractivity contribution in [2.75, 3.05) is 5.06 Å². The van der Waals surface area contributed by atoms with Crippen LogP contribution in [0, 0.1) is 16.0 Å². The molecule has 32 heavy (non-hydrogen) atoms. The first-order chi connectivity index (χ1) is 15.5. The number of hydrogen-bond donors (Lipinski definition) is 0. The summed E-state index contributed by atoms with van der Waals surface area (Å²) in [6.07, 6.45) is -0.990. The van der Waals surface area contributed by atoms with Crippen LogP contribution in [0.4, 0.5) is 11.4 Å². The van der Waals surface area contributed by atoms with Gasteiger partial charge in [-0.25, -0.2) is 5.06 Å². The van der Waals surface area contributed by atoms with Gasteiger partial charge in [0.05, 0.1) is 23.2 Å². The first-order valence-corrected chi connectivity index (χ1v) is 10.2. The highest BCUT2D eigenvalue weighted by Gasteiger charge is 2.59. The van der Waals surface area contributed by atoms with Crippen LogP contribution < -0.4 is 5.06 Å². The zero-order valence-electron chi connectivity index (χ0n) is 16.9. The lowest BCUT2D eigenvalue weighted by molar-refractivity contribution is -0.384. The van der Waals surface area contributed by atoms with Crippen LogP contribution in [0.25, 0.3) is 0 Å². The Labute approximate surface area is 183 Å². The lowest BCUT2D eigenvalue weighted by Crippen LogP contribution is -2.36. The Bertz CT molecular complexity index is 1180. The van der Waals surface area contributed by atoms with E-state index < -0.39 is 28.9 Å². The summed E-state index contributed by atoms with van der Waals surface area (Å²) in [5.74, 6) is -1.56. The van der Waals surface area contributed by atoms with Crippen molar-refractivity contribution in [2.45, 2.75) is 18.7 Å². The Balaban J connectivity index is 1.55. The second kappa shape index (κ2) is 7.90. The molecule has 0 aliphatic carbocycles. The fraction of sp³-hybridized carbons (Fsp3) is 0.167. The summed E-state index contributed by atoms with van der Waals surface area (Å²) in [6, 6.07) is 23.8. The standard InChI is InChI=1S/C24H19N3O5/c28-23-20-21(17-10-7-13-19(14-17)27(30)31)26(18-11-5-2-6-12-18)32-22(20)24(29)25(23)15-16-8-3-1-4-9-16/h1-14,20-22H,15H2/t20-,21-,22-/m0/s1. The van der Waals surface area contributed by atoms with Crippen LogP contribution in [0.5, 0.6) is 0 Å². The molecular weight excluding hydrogens is 410 g/mol. The van der Waals surface area contributed by atoms with Crippen molar-refractivity contribution in [1.29, 1.82) is 0 Å². The molecule has 0 saturated carbocycles. The Kier molecular flexibility index (Phi) is 4.91. The Morgan fingerprint density at radius 2 is 1.56 bits per heavy atom. The molecule has 2 fully saturated rings. The van der Waals surface area contributed by atoms with Gasteiger partial charge in [-0.2, -0.15) is 0 Å². The minimum absolute atomic E-state index is 0.0862. The molecule has 2 heterocycles. The van der Waals surface area contributed by atoms with Gasteiger partial charge in [0.15, 0.2) is 6.10 Å². The molecule has 2 aliphatic heterocycles. The number of rotatable bonds is 5. The summed E-state index contributed by atoms with van der Waals surface area (Å²) in [7, 11) is 0. The van der Waals surface area contributed by atoms with Gasteiger partial charge < -0.3 is 0 Å². The van der Waals surface area contributed by atoms with E-state index in [0.717, 1.165) is 5.56 Å². The Morgan fingerprint density at radius 1 is 0.875 bits per heavy atom. The summed E-state index contributed by atoms with van der Waals surface area (Å²) in [5, 5.41) is 12.9. The average Bonchev–Trinajstić information content (AvgIpc) is 3.32. The zero-order valence-corrected chi connectivity index (χ0v) is 16.9. The van der Waals surface area contributed by atoms with Crippen LogP contribution in [0.3, 0.4) is 0 Å². The zero-order chi connectivity index (χ0) is 22.2. The quantitative estimate of drug-likeness (QED) is 0.349.